The van der Waals surface area contributed by atoms with Crippen molar-refractivity contribution in [1.82, 2.24) is 4.98 Å². The molecule has 0 amide bonds. The van der Waals surface area contributed by atoms with Crippen molar-refractivity contribution in [2.24, 2.45) is 0 Å². The Morgan fingerprint density at radius 1 is 1.07 bits per heavy atom. The highest BCUT2D eigenvalue weighted by Gasteiger charge is 2.23. The summed E-state index contributed by atoms with van der Waals surface area (Å²) in [6.07, 6.45) is 1.53. The van der Waals surface area contributed by atoms with Crippen molar-refractivity contribution in [2.45, 2.75) is 26.4 Å². The van der Waals surface area contributed by atoms with Gasteiger partial charge in [-0.1, -0.05) is 0 Å². The second-order valence-corrected chi connectivity index (χ2v) is 7.17. The van der Waals surface area contributed by atoms with Gasteiger partial charge in [0.25, 0.3) is 0 Å². The Balaban J connectivity index is 2.09. The van der Waals surface area contributed by atoms with Gasteiger partial charge in [0.1, 0.15) is 22.7 Å². The van der Waals surface area contributed by atoms with E-state index in [1.165, 1.54) is 31.5 Å². The first-order valence-corrected chi connectivity index (χ1v) is 8.61. The van der Waals surface area contributed by atoms with E-state index >= 15 is 0 Å². The summed E-state index contributed by atoms with van der Waals surface area (Å²) in [5.41, 5.74) is 5.95. The van der Waals surface area contributed by atoms with Crippen LogP contribution in [-0.2, 0) is 4.74 Å². The molecule has 2 aromatic carbocycles. The number of hydrogen-bond acceptors (Lipinski definition) is 6. The number of carbonyl (C=O) groups is 1. The third kappa shape index (κ3) is 4.14. The van der Waals surface area contributed by atoms with Gasteiger partial charge in [0.15, 0.2) is 11.6 Å². The van der Waals surface area contributed by atoms with Crippen LogP contribution < -0.4 is 15.2 Å². The van der Waals surface area contributed by atoms with Crippen molar-refractivity contribution in [3.8, 4) is 17.2 Å². The van der Waals surface area contributed by atoms with E-state index < -0.39 is 17.4 Å². The van der Waals surface area contributed by atoms with Gasteiger partial charge in [0, 0.05) is 29.4 Å². The van der Waals surface area contributed by atoms with Crippen molar-refractivity contribution in [3.05, 3.63) is 54.0 Å². The zero-order valence-electron chi connectivity index (χ0n) is 16.1. The Bertz CT molecular complexity index is 1040. The van der Waals surface area contributed by atoms with Gasteiger partial charge in [-0.25, -0.2) is 9.18 Å². The fraction of sp³-hybridized carbons (Fsp3) is 0.238. The van der Waals surface area contributed by atoms with Crippen molar-refractivity contribution >= 4 is 22.6 Å². The van der Waals surface area contributed by atoms with Crippen LogP contribution >= 0.6 is 0 Å². The van der Waals surface area contributed by atoms with Gasteiger partial charge >= 0.3 is 5.97 Å². The summed E-state index contributed by atoms with van der Waals surface area (Å²) in [5.74, 6) is -0.465. The molecule has 28 heavy (non-hydrogen) atoms. The van der Waals surface area contributed by atoms with Gasteiger partial charge < -0.3 is 19.9 Å². The summed E-state index contributed by atoms with van der Waals surface area (Å²) in [6, 6.07) is 8.92. The predicted octanol–water partition coefficient (Wildman–Crippen LogP) is 4.71. The molecule has 3 rings (SSSR count). The van der Waals surface area contributed by atoms with E-state index in [2.05, 4.69) is 4.98 Å². The highest BCUT2D eigenvalue weighted by Crippen LogP contribution is 2.35. The molecule has 0 fully saturated rings. The Morgan fingerprint density at radius 3 is 2.46 bits per heavy atom. The van der Waals surface area contributed by atoms with Crippen LogP contribution in [0.25, 0.3) is 10.9 Å². The summed E-state index contributed by atoms with van der Waals surface area (Å²) in [4.78, 5) is 16.9. The molecule has 0 saturated carbocycles. The van der Waals surface area contributed by atoms with Gasteiger partial charge in [-0.05, 0) is 45.0 Å². The van der Waals surface area contributed by atoms with E-state index in [0.29, 0.717) is 28.1 Å². The van der Waals surface area contributed by atoms with Gasteiger partial charge in [-0.3, -0.25) is 4.98 Å². The summed E-state index contributed by atoms with van der Waals surface area (Å²) < 4.78 is 30.6. The van der Waals surface area contributed by atoms with Crippen molar-refractivity contribution in [2.75, 3.05) is 12.8 Å². The second kappa shape index (κ2) is 7.34. The molecule has 3 aromatic rings. The molecule has 0 bridgehead atoms. The van der Waals surface area contributed by atoms with E-state index in [4.69, 9.17) is 19.9 Å². The van der Waals surface area contributed by atoms with Crippen molar-refractivity contribution in [3.63, 3.8) is 0 Å². The molecule has 0 spiro atoms. The first kappa shape index (κ1) is 19.4. The Kier molecular flexibility index (Phi) is 5.09. The van der Waals surface area contributed by atoms with Gasteiger partial charge in [-0.15, -0.1) is 0 Å². The first-order valence-electron chi connectivity index (χ1n) is 8.61. The Morgan fingerprint density at radius 2 is 1.82 bits per heavy atom. The monoisotopic (exact) mass is 384 g/mol. The number of halogens is 1. The number of carbonyl (C=O) groups excluding carboxylic acids is 1. The third-order valence-electron chi connectivity index (χ3n) is 3.82. The van der Waals surface area contributed by atoms with Crippen LogP contribution in [0.5, 0.6) is 17.2 Å². The predicted molar refractivity (Wildman–Crippen MR) is 104 cm³/mol. The van der Waals surface area contributed by atoms with E-state index in [1.807, 2.05) is 0 Å². The fourth-order valence-corrected chi connectivity index (χ4v) is 2.62. The third-order valence-corrected chi connectivity index (χ3v) is 3.82. The molecule has 0 radical (unpaired) electrons. The lowest BCUT2D eigenvalue weighted by Crippen LogP contribution is -2.24. The number of nitrogens with zero attached hydrogens (tertiary/aromatic N) is 1. The molecule has 0 saturated heterocycles. The molecule has 0 unspecified atom stereocenters. The smallest absolute Gasteiger partial charge is 0.342 e. The highest BCUT2D eigenvalue weighted by molar-refractivity contribution is 5.99. The number of benzene rings is 2. The van der Waals surface area contributed by atoms with E-state index in [9.17, 15) is 9.18 Å². The lowest BCUT2D eigenvalue weighted by atomic mass is 10.1. The molecule has 0 aliphatic heterocycles. The van der Waals surface area contributed by atoms with Crippen LogP contribution in [-0.4, -0.2) is 23.7 Å². The molecule has 2 N–H and O–H groups in total. The number of rotatable bonds is 4. The summed E-state index contributed by atoms with van der Waals surface area (Å²) in [6.45, 7) is 5.33. The molecule has 1 heterocycles. The van der Waals surface area contributed by atoms with Crippen LogP contribution in [0.3, 0.4) is 0 Å². The van der Waals surface area contributed by atoms with Crippen molar-refractivity contribution in [1.29, 1.82) is 0 Å². The van der Waals surface area contributed by atoms with Crippen LogP contribution in [0.2, 0.25) is 0 Å². The van der Waals surface area contributed by atoms with Gasteiger partial charge in [0.05, 0.1) is 12.6 Å². The summed E-state index contributed by atoms with van der Waals surface area (Å²) in [5, 5.41) is 0.514. The normalized spacial score (nSPS) is 11.3. The second-order valence-electron chi connectivity index (χ2n) is 7.17. The number of ether oxygens (including phenoxy) is 3. The average molecular weight is 384 g/mol. The zero-order chi connectivity index (χ0) is 20.5. The minimum atomic E-state index is -0.668. The number of nitrogens with two attached hydrogens (primary N) is 1. The maximum Gasteiger partial charge on any atom is 0.342 e. The topological polar surface area (TPSA) is 83.7 Å². The zero-order valence-corrected chi connectivity index (χ0v) is 16.1. The fourth-order valence-electron chi connectivity index (χ4n) is 2.62. The quantitative estimate of drug-likeness (QED) is 0.518. The molecular formula is C21H21FN2O4. The molecule has 146 valence electrons. The average Bonchev–Trinajstić information content (AvgIpc) is 2.61. The van der Waals surface area contributed by atoms with Crippen LogP contribution in [0.1, 0.15) is 31.1 Å². The Hall–Kier alpha value is -3.35. The largest absolute Gasteiger partial charge is 0.496 e. The minimum absolute atomic E-state index is 0.0105. The highest BCUT2D eigenvalue weighted by atomic mass is 19.1. The number of aromatic nitrogens is 1. The van der Waals surface area contributed by atoms with E-state index in [-0.39, 0.29) is 11.3 Å². The maximum absolute atomic E-state index is 14.1. The van der Waals surface area contributed by atoms with E-state index in [0.717, 1.165) is 0 Å². The lowest BCUT2D eigenvalue weighted by molar-refractivity contribution is 0.00667. The maximum atomic E-state index is 14.1. The van der Waals surface area contributed by atoms with Gasteiger partial charge in [-0.2, -0.15) is 0 Å². The van der Waals surface area contributed by atoms with Gasteiger partial charge in [0.2, 0.25) is 0 Å². The molecule has 0 aliphatic rings. The summed E-state index contributed by atoms with van der Waals surface area (Å²) in [7, 11) is 1.46. The standard InChI is InChI=1S/C21H21FN2O4/c1-21(2,3)28-20(25)14-10-13-16(11-19(14)26-4)24-8-7-17(13)27-18-6-5-12(23)9-15(18)22/h5-11H,23H2,1-4H3. The molecule has 0 atom stereocenters. The number of anilines is 1. The van der Waals surface area contributed by atoms with E-state index in [1.54, 1.807) is 39.0 Å². The molecule has 0 aliphatic carbocycles. The first-order chi connectivity index (χ1) is 13.2. The number of fused-ring (bicyclic) bond motifs is 1. The minimum Gasteiger partial charge on any atom is -0.496 e. The van der Waals surface area contributed by atoms with Crippen molar-refractivity contribution < 1.29 is 23.4 Å². The lowest BCUT2D eigenvalue weighted by Gasteiger charge is -2.20. The molecular weight excluding hydrogens is 363 g/mol. The number of nitrogen functional groups attached to an aromatic ring is 1. The van der Waals surface area contributed by atoms with Crippen LogP contribution in [0, 0.1) is 5.82 Å². The SMILES string of the molecule is COc1cc2nccc(Oc3ccc(N)cc3F)c2cc1C(=O)OC(C)(C)C. The molecule has 6 nitrogen and oxygen atoms in total. The van der Waals surface area contributed by atoms with Crippen LogP contribution in [0.4, 0.5) is 10.1 Å². The molecule has 7 heteroatoms. The summed E-state index contributed by atoms with van der Waals surface area (Å²) >= 11 is 0. The Labute approximate surface area is 162 Å². The van der Waals surface area contributed by atoms with Crippen LogP contribution in [0.15, 0.2) is 42.6 Å². The molecule has 1 aromatic heterocycles. The number of methoxy groups -OCH3 is 1. The number of esters is 1. The number of hydrogen-bond donors (Lipinski definition) is 1. The number of pyridine rings is 1.